The minimum atomic E-state index is -4.08. The second kappa shape index (κ2) is 8.05. The van der Waals surface area contributed by atoms with Gasteiger partial charge in [-0.15, -0.1) is 0 Å². The Bertz CT molecular complexity index is 1140. The number of aromatic nitrogens is 1. The van der Waals surface area contributed by atoms with E-state index in [1.165, 1.54) is 17.4 Å². The molecule has 1 saturated heterocycles. The van der Waals surface area contributed by atoms with Crippen LogP contribution >= 0.6 is 11.3 Å². The number of rotatable bonds is 5. The van der Waals surface area contributed by atoms with Gasteiger partial charge in [-0.05, 0) is 62.3 Å². The molecule has 1 amide bonds. The molecule has 3 aromatic rings. The molecule has 2 aromatic carbocycles. The Hall–Kier alpha value is -2.56. The third-order valence-electron chi connectivity index (χ3n) is 4.61. The second-order valence-corrected chi connectivity index (χ2v) is 9.23. The minimum absolute atomic E-state index is 0.0389. The molecule has 1 aliphatic heterocycles. The van der Waals surface area contributed by atoms with Gasteiger partial charge in [-0.25, -0.2) is 9.37 Å². The van der Waals surface area contributed by atoms with E-state index >= 15 is 0 Å². The highest BCUT2D eigenvalue weighted by Crippen LogP contribution is 2.31. The highest BCUT2D eigenvalue weighted by atomic mass is 32.2. The summed E-state index contributed by atoms with van der Waals surface area (Å²) in [6, 6.07) is 9.06. The van der Waals surface area contributed by atoms with Gasteiger partial charge in [0.05, 0.1) is 10.2 Å². The van der Waals surface area contributed by atoms with Crippen LogP contribution in [0.4, 0.5) is 9.52 Å². The summed E-state index contributed by atoms with van der Waals surface area (Å²) in [5.41, 5.74) is 0.627. The van der Waals surface area contributed by atoms with Crippen LogP contribution in [0.1, 0.15) is 12.8 Å². The SMILES string of the molecule is O=C(Nc1nc2ccc(OS(=O)(=O)c3ccc(F)cc3)cc2s1)C1CCNCC1. The predicted octanol–water partition coefficient (Wildman–Crippen LogP) is 3.14. The first-order valence-corrected chi connectivity index (χ1v) is 11.3. The van der Waals surface area contributed by atoms with Gasteiger partial charge < -0.3 is 14.8 Å². The first-order chi connectivity index (χ1) is 13.9. The van der Waals surface area contributed by atoms with Crippen molar-refractivity contribution < 1.29 is 21.8 Å². The average Bonchev–Trinajstić information content (AvgIpc) is 3.10. The maximum Gasteiger partial charge on any atom is 0.339 e. The van der Waals surface area contributed by atoms with E-state index in [1.807, 2.05) is 0 Å². The lowest BCUT2D eigenvalue weighted by Crippen LogP contribution is -2.34. The molecule has 0 spiro atoms. The third-order valence-corrected chi connectivity index (χ3v) is 6.80. The van der Waals surface area contributed by atoms with E-state index in [1.54, 1.807) is 12.1 Å². The second-order valence-electron chi connectivity index (χ2n) is 6.65. The van der Waals surface area contributed by atoms with Gasteiger partial charge in [-0.3, -0.25) is 4.79 Å². The number of halogens is 1. The van der Waals surface area contributed by atoms with Gasteiger partial charge in [0.15, 0.2) is 5.13 Å². The van der Waals surface area contributed by atoms with Crippen molar-refractivity contribution >= 4 is 42.7 Å². The first-order valence-electron chi connectivity index (χ1n) is 9.03. The van der Waals surface area contributed by atoms with Gasteiger partial charge in [0.2, 0.25) is 5.91 Å². The van der Waals surface area contributed by atoms with Crippen LogP contribution in [0.15, 0.2) is 47.4 Å². The summed E-state index contributed by atoms with van der Waals surface area (Å²) < 4.78 is 43.6. The van der Waals surface area contributed by atoms with Crippen molar-refractivity contribution in [3.05, 3.63) is 48.3 Å². The number of thiazole rings is 1. The molecule has 7 nitrogen and oxygen atoms in total. The molecule has 0 aliphatic carbocycles. The van der Waals surface area contributed by atoms with E-state index in [0.29, 0.717) is 15.3 Å². The number of nitrogens with one attached hydrogen (secondary N) is 2. The largest absolute Gasteiger partial charge is 0.379 e. The number of fused-ring (bicyclic) bond motifs is 1. The van der Waals surface area contributed by atoms with E-state index in [9.17, 15) is 17.6 Å². The van der Waals surface area contributed by atoms with Gasteiger partial charge in [0, 0.05) is 12.0 Å². The van der Waals surface area contributed by atoms with E-state index in [0.717, 1.165) is 50.2 Å². The van der Waals surface area contributed by atoms with Crippen LogP contribution in [0.25, 0.3) is 10.2 Å². The highest BCUT2D eigenvalue weighted by Gasteiger charge is 2.22. The maximum atomic E-state index is 13.0. The van der Waals surface area contributed by atoms with Crippen LogP contribution in [0.3, 0.4) is 0 Å². The number of hydrogen-bond acceptors (Lipinski definition) is 7. The van der Waals surface area contributed by atoms with Crippen molar-refractivity contribution in [2.24, 2.45) is 5.92 Å². The van der Waals surface area contributed by atoms with Gasteiger partial charge in [-0.1, -0.05) is 11.3 Å². The van der Waals surface area contributed by atoms with Crippen LogP contribution in [-0.4, -0.2) is 32.4 Å². The normalized spacial score (nSPS) is 15.3. The molecule has 0 atom stereocenters. The molecule has 4 rings (SSSR count). The molecule has 10 heteroatoms. The van der Waals surface area contributed by atoms with Gasteiger partial charge in [-0.2, -0.15) is 8.42 Å². The Morgan fingerprint density at radius 3 is 2.62 bits per heavy atom. The minimum Gasteiger partial charge on any atom is -0.379 e. The van der Waals surface area contributed by atoms with Crippen molar-refractivity contribution in [3.8, 4) is 5.75 Å². The number of benzene rings is 2. The van der Waals surface area contributed by atoms with Crippen molar-refractivity contribution in [2.45, 2.75) is 17.7 Å². The fourth-order valence-electron chi connectivity index (χ4n) is 3.08. The van der Waals surface area contributed by atoms with Crippen molar-refractivity contribution in [3.63, 3.8) is 0 Å². The van der Waals surface area contributed by atoms with E-state index < -0.39 is 15.9 Å². The summed E-state index contributed by atoms with van der Waals surface area (Å²) in [6.45, 7) is 1.64. The molecule has 2 N–H and O–H groups in total. The Morgan fingerprint density at radius 2 is 1.90 bits per heavy atom. The zero-order chi connectivity index (χ0) is 20.4. The third kappa shape index (κ3) is 4.55. The standard InChI is InChI=1S/C19H18FN3O4S2/c20-13-1-4-15(5-2-13)29(25,26)27-14-3-6-16-17(11-14)28-19(22-16)23-18(24)12-7-9-21-10-8-12/h1-6,11-12,21H,7-10H2,(H,22,23,24). The quantitative estimate of drug-likeness (QED) is 0.598. The number of amides is 1. The first kappa shape index (κ1) is 19.7. The Kier molecular flexibility index (Phi) is 5.48. The summed E-state index contributed by atoms with van der Waals surface area (Å²) in [6.07, 6.45) is 1.58. The zero-order valence-corrected chi connectivity index (χ0v) is 16.9. The number of piperidine rings is 1. The van der Waals surface area contributed by atoms with Crippen LogP contribution in [0, 0.1) is 11.7 Å². The molecule has 1 fully saturated rings. The topological polar surface area (TPSA) is 97.4 Å². The number of nitrogens with zero attached hydrogens (tertiary/aromatic N) is 1. The van der Waals surface area contributed by atoms with Crippen LogP contribution in [0.5, 0.6) is 5.75 Å². The zero-order valence-electron chi connectivity index (χ0n) is 15.2. The van der Waals surface area contributed by atoms with Gasteiger partial charge in [0.1, 0.15) is 16.5 Å². The molecule has 2 heterocycles. The lowest BCUT2D eigenvalue weighted by Gasteiger charge is -2.20. The Labute approximate surface area is 171 Å². The van der Waals surface area contributed by atoms with Crippen molar-refractivity contribution in [1.29, 1.82) is 0 Å². The van der Waals surface area contributed by atoms with Crippen molar-refractivity contribution in [2.75, 3.05) is 18.4 Å². The fraction of sp³-hybridized carbons (Fsp3) is 0.263. The van der Waals surface area contributed by atoms with Crippen molar-refractivity contribution in [1.82, 2.24) is 10.3 Å². The molecule has 1 aliphatic rings. The predicted molar refractivity (Wildman–Crippen MR) is 108 cm³/mol. The van der Waals surface area contributed by atoms with Crippen LogP contribution in [-0.2, 0) is 14.9 Å². The molecular formula is C19H18FN3O4S2. The molecule has 0 radical (unpaired) electrons. The van der Waals surface area contributed by atoms with Crippen LogP contribution < -0.4 is 14.8 Å². The van der Waals surface area contributed by atoms with Crippen LogP contribution in [0.2, 0.25) is 0 Å². The molecule has 1 aromatic heterocycles. The molecule has 29 heavy (non-hydrogen) atoms. The number of carbonyl (C=O) groups excluding carboxylic acids is 1. The lowest BCUT2D eigenvalue weighted by atomic mass is 9.97. The summed E-state index contributed by atoms with van der Waals surface area (Å²) >= 11 is 1.24. The average molecular weight is 436 g/mol. The van der Waals surface area contributed by atoms with Gasteiger partial charge >= 0.3 is 10.1 Å². The molecule has 0 saturated carbocycles. The lowest BCUT2D eigenvalue weighted by molar-refractivity contribution is -0.120. The van der Waals surface area contributed by atoms with E-state index in [2.05, 4.69) is 15.6 Å². The molecule has 0 bridgehead atoms. The highest BCUT2D eigenvalue weighted by molar-refractivity contribution is 7.87. The Balaban J connectivity index is 1.50. The monoisotopic (exact) mass is 435 g/mol. The summed E-state index contributed by atoms with van der Waals surface area (Å²) in [5.74, 6) is -0.514. The number of carbonyl (C=O) groups is 1. The molecule has 152 valence electrons. The fourth-order valence-corrected chi connectivity index (χ4v) is 4.90. The Morgan fingerprint density at radius 1 is 1.17 bits per heavy atom. The summed E-state index contributed by atoms with van der Waals surface area (Å²) in [7, 11) is -4.08. The van der Waals surface area contributed by atoms with E-state index in [4.69, 9.17) is 4.18 Å². The van der Waals surface area contributed by atoms with Gasteiger partial charge in [0.25, 0.3) is 0 Å². The molecule has 0 unspecified atom stereocenters. The summed E-state index contributed by atoms with van der Waals surface area (Å²) in [4.78, 5) is 16.6. The summed E-state index contributed by atoms with van der Waals surface area (Å²) in [5, 5.41) is 6.53. The smallest absolute Gasteiger partial charge is 0.339 e. The maximum absolute atomic E-state index is 13.0. The number of hydrogen-bond donors (Lipinski definition) is 2. The molecular weight excluding hydrogens is 417 g/mol. The van der Waals surface area contributed by atoms with E-state index in [-0.39, 0.29) is 22.5 Å². The number of anilines is 1.